The van der Waals surface area contributed by atoms with Crippen molar-refractivity contribution in [2.75, 3.05) is 0 Å². The molecule has 114 valence electrons. The van der Waals surface area contributed by atoms with Gasteiger partial charge >= 0.3 is 5.88 Å². The summed E-state index contributed by atoms with van der Waals surface area (Å²) in [5.41, 5.74) is 2.20. The Balaban J connectivity index is 1.79. The van der Waals surface area contributed by atoms with E-state index in [0.717, 1.165) is 24.0 Å². The molecule has 0 N–H and O–H groups in total. The van der Waals surface area contributed by atoms with Gasteiger partial charge in [-0.3, -0.25) is 14.9 Å². The summed E-state index contributed by atoms with van der Waals surface area (Å²) in [6.07, 6.45) is 1.92. The molecule has 0 spiro atoms. The Morgan fingerprint density at radius 3 is 2.50 bits per heavy atom. The molecule has 3 rings (SSSR count). The lowest BCUT2D eigenvalue weighted by Crippen LogP contribution is -2.32. The first kappa shape index (κ1) is 14.3. The van der Waals surface area contributed by atoms with E-state index in [4.69, 9.17) is 4.42 Å². The van der Waals surface area contributed by atoms with Crippen LogP contribution in [0.2, 0.25) is 0 Å². The second-order valence-electron chi connectivity index (χ2n) is 5.54. The number of rotatable bonds is 5. The maximum atomic E-state index is 12.5. The van der Waals surface area contributed by atoms with Gasteiger partial charge in [0.25, 0.3) is 5.91 Å². The van der Waals surface area contributed by atoms with E-state index in [9.17, 15) is 14.9 Å². The number of carbonyl (C=O) groups is 1. The number of hydrogen-bond donors (Lipinski definition) is 0. The van der Waals surface area contributed by atoms with Crippen molar-refractivity contribution in [2.45, 2.75) is 32.4 Å². The average Bonchev–Trinajstić information content (AvgIpc) is 3.21. The summed E-state index contributed by atoms with van der Waals surface area (Å²) in [6, 6.07) is 10.8. The Kier molecular flexibility index (Phi) is 3.66. The third kappa shape index (κ3) is 3.00. The molecule has 1 heterocycles. The van der Waals surface area contributed by atoms with Crippen LogP contribution in [0.25, 0.3) is 0 Å². The number of nitrogens with zero attached hydrogens (tertiary/aromatic N) is 2. The van der Waals surface area contributed by atoms with Crippen LogP contribution in [0.5, 0.6) is 0 Å². The number of nitro groups is 1. The number of amides is 1. The van der Waals surface area contributed by atoms with Gasteiger partial charge in [-0.25, -0.2) is 0 Å². The first-order valence-electron chi connectivity index (χ1n) is 7.15. The van der Waals surface area contributed by atoms with Crippen molar-refractivity contribution in [3.8, 4) is 0 Å². The van der Waals surface area contributed by atoms with Crippen LogP contribution in [-0.2, 0) is 6.54 Å². The van der Waals surface area contributed by atoms with Crippen molar-refractivity contribution in [3.05, 3.63) is 63.4 Å². The maximum absolute atomic E-state index is 12.5. The van der Waals surface area contributed by atoms with Gasteiger partial charge in [-0.2, -0.15) is 0 Å². The summed E-state index contributed by atoms with van der Waals surface area (Å²) in [5.74, 6) is -0.684. The van der Waals surface area contributed by atoms with Crippen LogP contribution in [0.4, 0.5) is 5.88 Å². The standard InChI is InChI=1S/C16H16N2O4/c1-11-2-4-12(5-3-11)10-17(13-6-7-13)16(19)14-8-9-15(22-14)18(20)21/h2-5,8-9,13H,6-7,10H2,1H3. The van der Waals surface area contributed by atoms with Crippen molar-refractivity contribution in [2.24, 2.45) is 0 Å². The van der Waals surface area contributed by atoms with E-state index in [0.29, 0.717) is 6.54 Å². The van der Waals surface area contributed by atoms with E-state index in [-0.39, 0.29) is 17.7 Å². The molecular weight excluding hydrogens is 284 g/mol. The predicted molar refractivity (Wildman–Crippen MR) is 79.4 cm³/mol. The minimum absolute atomic E-state index is 0.0192. The molecule has 22 heavy (non-hydrogen) atoms. The van der Waals surface area contributed by atoms with Gasteiger partial charge in [0.15, 0.2) is 5.76 Å². The van der Waals surface area contributed by atoms with E-state index < -0.39 is 10.8 Å². The number of furan rings is 1. The van der Waals surface area contributed by atoms with Crippen LogP contribution in [0, 0.1) is 17.0 Å². The zero-order chi connectivity index (χ0) is 15.7. The number of hydrogen-bond acceptors (Lipinski definition) is 4. The molecule has 1 fully saturated rings. The predicted octanol–water partition coefficient (Wildman–Crippen LogP) is 3.30. The normalized spacial score (nSPS) is 13.9. The van der Waals surface area contributed by atoms with Gasteiger partial charge < -0.3 is 9.32 Å². The molecule has 1 amide bonds. The van der Waals surface area contributed by atoms with Gasteiger partial charge in [-0.1, -0.05) is 29.8 Å². The fourth-order valence-corrected chi connectivity index (χ4v) is 2.33. The smallest absolute Gasteiger partial charge is 0.395 e. The van der Waals surface area contributed by atoms with E-state index in [1.807, 2.05) is 31.2 Å². The summed E-state index contributed by atoms with van der Waals surface area (Å²) >= 11 is 0. The van der Waals surface area contributed by atoms with E-state index >= 15 is 0 Å². The van der Waals surface area contributed by atoms with Gasteiger partial charge in [0, 0.05) is 12.6 Å². The van der Waals surface area contributed by atoms with Crippen LogP contribution in [0.3, 0.4) is 0 Å². The van der Waals surface area contributed by atoms with E-state index in [1.165, 1.54) is 12.1 Å². The zero-order valence-electron chi connectivity index (χ0n) is 12.2. The van der Waals surface area contributed by atoms with Crippen LogP contribution in [0.1, 0.15) is 34.5 Å². The first-order chi connectivity index (χ1) is 10.5. The van der Waals surface area contributed by atoms with Crippen LogP contribution >= 0.6 is 0 Å². The highest BCUT2D eigenvalue weighted by atomic mass is 16.6. The molecule has 0 saturated heterocycles. The molecule has 1 aromatic carbocycles. The molecule has 0 unspecified atom stereocenters. The Labute approximate surface area is 127 Å². The van der Waals surface area contributed by atoms with Crippen LogP contribution in [0.15, 0.2) is 40.8 Å². The topological polar surface area (TPSA) is 76.6 Å². The van der Waals surface area contributed by atoms with Crippen LogP contribution < -0.4 is 0 Å². The summed E-state index contributed by atoms with van der Waals surface area (Å²) in [7, 11) is 0. The Morgan fingerprint density at radius 2 is 1.95 bits per heavy atom. The van der Waals surface area contributed by atoms with Crippen LogP contribution in [-0.4, -0.2) is 21.8 Å². The molecule has 2 aromatic rings. The second kappa shape index (κ2) is 5.63. The first-order valence-corrected chi connectivity index (χ1v) is 7.15. The van der Waals surface area contributed by atoms with Crippen molar-refractivity contribution in [3.63, 3.8) is 0 Å². The molecular formula is C16H16N2O4. The largest absolute Gasteiger partial charge is 0.433 e. The number of carbonyl (C=O) groups excluding carboxylic acids is 1. The maximum Gasteiger partial charge on any atom is 0.433 e. The lowest BCUT2D eigenvalue weighted by atomic mass is 10.1. The SMILES string of the molecule is Cc1ccc(CN(C(=O)c2ccc([N+](=O)[O-])o2)C2CC2)cc1. The molecule has 1 aromatic heterocycles. The lowest BCUT2D eigenvalue weighted by molar-refractivity contribution is -0.402. The monoisotopic (exact) mass is 300 g/mol. The fourth-order valence-electron chi connectivity index (χ4n) is 2.33. The average molecular weight is 300 g/mol. The Bertz CT molecular complexity index is 701. The molecule has 1 saturated carbocycles. The van der Waals surface area contributed by atoms with Gasteiger partial charge in [0.1, 0.15) is 4.92 Å². The molecule has 0 aliphatic heterocycles. The number of benzene rings is 1. The van der Waals surface area contributed by atoms with Crippen molar-refractivity contribution in [1.29, 1.82) is 0 Å². The minimum Gasteiger partial charge on any atom is -0.395 e. The Hall–Kier alpha value is -2.63. The van der Waals surface area contributed by atoms with Crippen molar-refractivity contribution >= 4 is 11.8 Å². The summed E-state index contributed by atoms with van der Waals surface area (Å²) in [4.78, 5) is 24.3. The third-order valence-corrected chi connectivity index (χ3v) is 3.70. The molecule has 0 bridgehead atoms. The highest BCUT2D eigenvalue weighted by Crippen LogP contribution is 2.30. The summed E-state index contributed by atoms with van der Waals surface area (Å²) < 4.78 is 5.03. The minimum atomic E-state index is -0.641. The molecule has 6 nitrogen and oxygen atoms in total. The van der Waals surface area contributed by atoms with E-state index in [1.54, 1.807) is 4.90 Å². The highest BCUT2D eigenvalue weighted by Gasteiger charge is 2.34. The van der Waals surface area contributed by atoms with E-state index in [2.05, 4.69) is 0 Å². The molecule has 6 heteroatoms. The van der Waals surface area contributed by atoms with Gasteiger partial charge in [0.2, 0.25) is 0 Å². The molecule has 1 aliphatic rings. The van der Waals surface area contributed by atoms with Gasteiger partial charge in [-0.05, 0) is 31.4 Å². The fraction of sp³-hybridized carbons (Fsp3) is 0.312. The zero-order valence-corrected chi connectivity index (χ0v) is 12.2. The number of aryl methyl sites for hydroxylation is 1. The summed E-state index contributed by atoms with van der Waals surface area (Å²) in [5, 5.41) is 10.7. The highest BCUT2D eigenvalue weighted by molar-refractivity contribution is 5.92. The van der Waals surface area contributed by atoms with Crippen molar-refractivity contribution < 1.29 is 14.1 Å². The van der Waals surface area contributed by atoms with Crippen molar-refractivity contribution in [1.82, 2.24) is 4.90 Å². The third-order valence-electron chi connectivity index (χ3n) is 3.70. The molecule has 0 atom stereocenters. The molecule has 1 aliphatic carbocycles. The van der Waals surface area contributed by atoms with Gasteiger partial charge in [-0.15, -0.1) is 0 Å². The quantitative estimate of drug-likeness (QED) is 0.627. The Morgan fingerprint density at radius 1 is 1.27 bits per heavy atom. The lowest BCUT2D eigenvalue weighted by Gasteiger charge is -2.21. The molecule has 0 radical (unpaired) electrons. The van der Waals surface area contributed by atoms with Gasteiger partial charge in [0.05, 0.1) is 6.07 Å². The summed E-state index contributed by atoms with van der Waals surface area (Å²) in [6.45, 7) is 2.49. The second-order valence-corrected chi connectivity index (χ2v) is 5.54.